The molecule has 2 N–H and O–H groups in total. The molecule has 0 radical (unpaired) electrons. The van der Waals surface area contributed by atoms with Crippen LogP contribution in [0.15, 0.2) is 23.1 Å². The number of thioether (sulfide) groups is 1. The van der Waals surface area contributed by atoms with Crippen LogP contribution in [0.2, 0.25) is 0 Å². The van der Waals surface area contributed by atoms with E-state index < -0.39 is 11.6 Å². The SMILES string of the molecule is C[C@H](N)CSc1cc(F)ccc1F. The summed E-state index contributed by atoms with van der Waals surface area (Å²) in [6, 6.07) is 3.39. The molecule has 0 fully saturated rings. The van der Waals surface area contributed by atoms with Crippen molar-refractivity contribution in [2.45, 2.75) is 17.9 Å². The van der Waals surface area contributed by atoms with Crippen molar-refractivity contribution in [2.24, 2.45) is 5.73 Å². The molecule has 13 heavy (non-hydrogen) atoms. The molecule has 0 saturated heterocycles. The number of rotatable bonds is 3. The van der Waals surface area contributed by atoms with E-state index in [0.29, 0.717) is 10.6 Å². The van der Waals surface area contributed by atoms with Gasteiger partial charge in [-0.1, -0.05) is 0 Å². The van der Waals surface area contributed by atoms with Crippen LogP contribution < -0.4 is 5.73 Å². The third-order valence-corrected chi connectivity index (χ3v) is 2.71. The Morgan fingerprint density at radius 3 is 2.77 bits per heavy atom. The van der Waals surface area contributed by atoms with Crippen molar-refractivity contribution < 1.29 is 8.78 Å². The Morgan fingerprint density at radius 1 is 1.46 bits per heavy atom. The predicted octanol–water partition coefficient (Wildman–Crippen LogP) is 2.40. The first kappa shape index (κ1) is 10.5. The Hall–Kier alpha value is -0.610. The molecule has 1 rings (SSSR count). The minimum absolute atomic E-state index is 0.0207. The summed E-state index contributed by atoms with van der Waals surface area (Å²) in [4.78, 5) is 0.317. The fourth-order valence-electron chi connectivity index (χ4n) is 0.809. The maximum atomic E-state index is 13.0. The van der Waals surface area contributed by atoms with Gasteiger partial charge in [0.2, 0.25) is 0 Å². The van der Waals surface area contributed by atoms with Gasteiger partial charge in [0.05, 0.1) is 0 Å². The number of benzene rings is 1. The van der Waals surface area contributed by atoms with Gasteiger partial charge in [0.1, 0.15) is 11.6 Å². The lowest BCUT2D eigenvalue weighted by Gasteiger charge is -2.05. The Labute approximate surface area is 80.3 Å². The Bertz CT molecular complexity index is 289. The summed E-state index contributed by atoms with van der Waals surface area (Å²) in [5.74, 6) is -0.235. The van der Waals surface area contributed by atoms with Crippen molar-refractivity contribution in [3.63, 3.8) is 0 Å². The molecule has 0 aliphatic rings. The van der Waals surface area contributed by atoms with Crippen LogP contribution in [0.1, 0.15) is 6.92 Å². The molecule has 4 heteroatoms. The van der Waals surface area contributed by atoms with E-state index in [-0.39, 0.29) is 6.04 Å². The highest BCUT2D eigenvalue weighted by atomic mass is 32.2. The third-order valence-electron chi connectivity index (χ3n) is 1.39. The van der Waals surface area contributed by atoms with Crippen LogP contribution in [0.4, 0.5) is 8.78 Å². The van der Waals surface area contributed by atoms with Crippen LogP contribution in [-0.4, -0.2) is 11.8 Å². The minimum Gasteiger partial charge on any atom is -0.327 e. The number of hydrogen-bond acceptors (Lipinski definition) is 2. The summed E-state index contributed by atoms with van der Waals surface area (Å²) in [6.07, 6.45) is 0. The van der Waals surface area contributed by atoms with Gasteiger partial charge < -0.3 is 5.73 Å². The van der Waals surface area contributed by atoms with E-state index in [1.54, 1.807) is 0 Å². The largest absolute Gasteiger partial charge is 0.327 e. The van der Waals surface area contributed by atoms with Crippen LogP contribution in [0, 0.1) is 11.6 Å². The highest BCUT2D eigenvalue weighted by Crippen LogP contribution is 2.22. The molecule has 0 heterocycles. The zero-order chi connectivity index (χ0) is 9.84. The summed E-state index contributed by atoms with van der Waals surface area (Å²) < 4.78 is 25.7. The zero-order valence-corrected chi connectivity index (χ0v) is 8.07. The summed E-state index contributed by atoms with van der Waals surface area (Å²) >= 11 is 1.23. The van der Waals surface area contributed by atoms with Gasteiger partial charge in [-0.15, -0.1) is 11.8 Å². The van der Waals surface area contributed by atoms with E-state index in [1.807, 2.05) is 6.92 Å². The monoisotopic (exact) mass is 203 g/mol. The summed E-state index contributed by atoms with van der Waals surface area (Å²) in [5.41, 5.74) is 5.49. The normalized spacial score (nSPS) is 12.9. The molecule has 0 amide bonds. The van der Waals surface area contributed by atoms with Crippen LogP contribution in [0.5, 0.6) is 0 Å². The molecular weight excluding hydrogens is 192 g/mol. The first-order valence-electron chi connectivity index (χ1n) is 3.93. The van der Waals surface area contributed by atoms with Crippen molar-refractivity contribution in [3.05, 3.63) is 29.8 Å². The second kappa shape index (κ2) is 4.58. The smallest absolute Gasteiger partial charge is 0.136 e. The molecule has 0 unspecified atom stereocenters. The van der Waals surface area contributed by atoms with Crippen molar-refractivity contribution in [1.29, 1.82) is 0 Å². The highest BCUT2D eigenvalue weighted by Gasteiger charge is 2.05. The molecule has 0 aliphatic carbocycles. The third kappa shape index (κ3) is 3.32. The highest BCUT2D eigenvalue weighted by molar-refractivity contribution is 7.99. The van der Waals surface area contributed by atoms with E-state index >= 15 is 0 Å². The van der Waals surface area contributed by atoms with Gasteiger partial charge in [0, 0.05) is 16.7 Å². The second-order valence-corrected chi connectivity index (χ2v) is 3.92. The topological polar surface area (TPSA) is 26.0 Å². The molecule has 0 aliphatic heterocycles. The molecule has 0 aromatic heterocycles. The molecule has 0 saturated carbocycles. The van der Waals surface area contributed by atoms with Gasteiger partial charge in [-0.3, -0.25) is 0 Å². The van der Waals surface area contributed by atoms with E-state index in [1.165, 1.54) is 17.8 Å². The molecule has 0 spiro atoms. The van der Waals surface area contributed by atoms with Crippen molar-refractivity contribution in [3.8, 4) is 0 Å². The van der Waals surface area contributed by atoms with Gasteiger partial charge in [0.25, 0.3) is 0 Å². The molecule has 1 atom stereocenters. The summed E-state index contributed by atoms with van der Waals surface area (Å²) in [7, 11) is 0. The first-order chi connectivity index (χ1) is 6.09. The standard InChI is InChI=1S/C9H11F2NS/c1-6(12)5-13-9-4-7(10)2-3-8(9)11/h2-4,6H,5,12H2,1H3/t6-/m0/s1. The molecule has 1 aromatic carbocycles. The Balaban J connectivity index is 2.70. The molecule has 1 nitrogen and oxygen atoms in total. The fourth-order valence-corrected chi connectivity index (χ4v) is 1.65. The average molecular weight is 203 g/mol. The minimum atomic E-state index is -0.423. The van der Waals surface area contributed by atoms with E-state index in [4.69, 9.17) is 5.73 Å². The average Bonchev–Trinajstić information content (AvgIpc) is 2.06. The van der Waals surface area contributed by atoms with Gasteiger partial charge >= 0.3 is 0 Å². The molecular formula is C9H11F2NS. The predicted molar refractivity (Wildman–Crippen MR) is 50.7 cm³/mol. The Kier molecular flexibility index (Phi) is 3.69. The lowest BCUT2D eigenvalue weighted by Crippen LogP contribution is -2.17. The molecule has 72 valence electrons. The Morgan fingerprint density at radius 2 is 2.15 bits per heavy atom. The maximum Gasteiger partial charge on any atom is 0.136 e. The first-order valence-corrected chi connectivity index (χ1v) is 4.91. The van der Waals surface area contributed by atoms with E-state index in [2.05, 4.69) is 0 Å². The summed E-state index contributed by atoms with van der Waals surface area (Å²) in [6.45, 7) is 1.82. The van der Waals surface area contributed by atoms with Crippen molar-refractivity contribution >= 4 is 11.8 Å². The lowest BCUT2D eigenvalue weighted by molar-refractivity contribution is 0.577. The van der Waals surface area contributed by atoms with Crippen molar-refractivity contribution in [1.82, 2.24) is 0 Å². The van der Waals surface area contributed by atoms with Crippen LogP contribution in [0.25, 0.3) is 0 Å². The van der Waals surface area contributed by atoms with Crippen molar-refractivity contribution in [2.75, 3.05) is 5.75 Å². The van der Waals surface area contributed by atoms with Gasteiger partial charge in [-0.2, -0.15) is 0 Å². The zero-order valence-electron chi connectivity index (χ0n) is 7.26. The van der Waals surface area contributed by atoms with Gasteiger partial charge in [-0.05, 0) is 25.1 Å². The van der Waals surface area contributed by atoms with Gasteiger partial charge in [0.15, 0.2) is 0 Å². The number of hydrogen-bond donors (Lipinski definition) is 1. The summed E-state index contributed by atoms with van der Waals surface area (Å²) in [5, 5.41) is 0. The number of nitrogens with two attached hydrogens (primary N) is 1. The van der Waals surface area contributed by atoms with E-state index in [0.717, 1.165) is 12.1 Å². The number of halogens is 2. The van der Waals surface area contributed by atoms with Crippen LogP contribution in [-0.2, 0) is 0 Å². The fraction of sp³-hybridized carbons (Fsp3) is 0.333. The maximum absolute atomic E-state index is 13.0. The van der Waals surface area contributed by atoms with Crippen LogP contribution in [0.3, 0.4) is 0 Å². The van der Waals surface area contributed by atoms with Gasteiger partial charge in [-0.25, -0.2) is 8.78 Å². The molecule has 1 aromatic rings. The van der Waals surface area contributed by atoms with E-state index in [9.17, 15) is 8.78 Å². The second-order valence-electron chi connectivity index (χ2n) is 2.86. The van der Waals surface area contributed by atoms with Crippen LogP contribution >= 0.6 is 11.8 Å². The lowest BCUT2D eigenvalue weighted by atomic mass is 10.3. The quantitative estimate of drug-likeness (QED) is 0.763. The molecule has 0 bridgehead atoms.